The molecular weight excluding hydrogens is 300 g/mol. The van der Waals surface area contributed by atoms with Crippen LogP contribution in [0, 0.1) is 0 Å². The summed E-state index contributed by atoms with van der Waals surface area (Å²) in [5.74, 6) is 0. The first-order valence-electron chi connectivity index (χ1n) is 7.77. The molecule has 0 saturated heterocycles. The van der Waals surface area contributed by atoms with Gasteiger partial charge in [0.2, 0.25) is 0 Å². The molecule has 1 aromatic heterocycles. The molecule has 1 heterocycles. The number of rotatable bonds is 4. The first kappa shape index (κ1) is 15.8. The smallest absolute Gasteiger partial charge is 0.321 e. The lowest BCUT2D eigenvalue weighted by Gasteiger charge is -2.17. The second-order valence-electron chi connectivity index (χ2n) is 5.75. The van der Waals surface area contributed by atoms with Crippen LogP contribution < -0.4 is 5.32 Å². The summed E-state index contributed by atoms with van der Waals surface area (Å²) in [5.41, 5.74) is 4.05. The Morgan fingerprint density at radius 3 is 2.38 bits per heavy atom. The van der Waals surface area contributed by atoms with Crippen molar-refractivity contribution in [2.45, 2.75) is 6.54 Å². The molecule has 3 aromatic rings. The molecule has 2 amide bonds. The molecule has 5 heteroatoms. The molecule has 5 nitrogen and oxygen atoms in total. The third kappa shape index (κ3) is 3.81. The molecule has 2 aromatic carbocycles. The number of benzene rings is 2. The van der Waals surface area contributed by atoms with Crippen molar-refractivity contribution in [2.24, 2.45) is 7.05 Å². The summed E-state index contributed by atoms with van der Waals surface area (Å²) in [6.45, 7) is 0.516. The lowest BCUT2D eigenvalue weighted by molar-refractivity contribution is 0.220. The van der Waals surface area contributed by atoms with Crippen LogP contribution in [0.15, 0.2) is 67.0 Å². The minimum Gasteiger partial charge on any atom is -0.323 e. The Balaban J connectivity index is 1.62. The van der Waals surface area contributed by atoms with Gasteiger partial charge in [-0.2, -0.15) is 5.10 Å². The van der Waals surface area contributed by atoms with E-state index >= 15 is 0 Å². The molecule has 0 radical (unpaired) electrons. The zero-order chi connectivity index (χ0) is 16.9. The number of amides is 2. The number of nitrogens with one attached hydrogen (secondary N) is 1. The summed E-state index contributed by atoms with van der Waals surface area (Å²) in [6.07, 6.45) is 3.66. The number of urea groups is 1. The molecule has 0 bridgehead atoms. The number of aryl methyl sites for hydroxylation is 1. The van der Waals surface area contributed by atoms with Gasteiger partial charge in [-0.1, -0.05) is 42.5 Å². The predicted molar refractivity (Wildman–Crippen MR) is 95.6 cm³/mol. The number of anilines is 1. The van der Waals surface area contributed by atoms with Crippen LogP contribution in [-0.2, 0) is 13.6 Å². The van der Waals surface area contributed by atoms with Gasteiger partial charge in [0.15, 0.2) is 0 Å². The third-order valence-electron chi connectivity index (χ3n) is 3.77. The van der Waals surface area contributed by atoms with E-state index in [2.05, 4.69) is 22.5 Å². The quantitative estimate of drug-likeness (QED) is 0.796. The highest BCUT2D eigenvalue weighted by molar-refractivity contribution is 5.89. The van der Waals surface area contributed by atoms with Gasteiger partial charge in [0, 0.05) is 31.5 Å². The third-order valence-corrected chi connectivity index (χ3v) is 3.77. The van der Waals surface area contributed by atoms with Crippen LogP contribution in [0.1, 0.15) is 5.56 Å². The lowest BCUT2D eigenvalue weighted by atomic mass is 10.1. The van der Waals surface area contributed by atoms with Gasteiger partial charge in [0.05, 0.1) is 12.7 Å². The molecule has 0 aliphatic carbocycles. The summed E-state index contributed by atoms with van der Waals surface area (Å²) in [7, 11) is 3.62. The molecule has 122 valence electrons. The molecule has 0 saturated carbocycles. The standard InChI is InChI=1S/C19H20N4O/c1-22(13-15-12-20-23(2)14-15)19(24)21-18-10-8-17(9-11-18)16-6-4-3-5-7-16/h3-12,14H,13H2,1-2H3,(H,21,24). The number of carbonyl (C=O) groups excluding carboxylic acids is 1. The van der Waals surface area contributed by atoms with E-state index in [9.17, 15) is 4.79 Å². The van der Waals surface area contributed by atoms with Crippen LogP contribution >= 0.6 is 0 Å². The van der Waals surface area contributed by atoms with E-state index in [1.807, 2.05) is 55.7 Å². The van der Waals surface area contributed by atoms with Crippen LogP contribution in [-0.4, -0.2) is 27.8 Å². The molecule has 3 rings (SSSR count). The molecule has 0 aliphatic heterocycles. The van der Waals surface area contributed by atoms with Crippen LogP contribution in [0.3, 0.4) is 0 Å². The predicted octanol–water partition coefficient (Wildman–Crippen LogP) is 3.75. The van der Waals surface area contributed by atoms with Crippen molar-refractivity contribution in [3.63, 3.8) is 0 Å². The Bertz CT molecular complexity index is 809. The van der Waals surface area contributed by atoms with E-state index < -0.39 is 0 Å². The van der Waals surface area contributed by atoms with Crippen molar-refractivity contribution in [1.29, 1.82) is 0 Å². The molecule has 0 spiro atoms. The number of carbonyl (C=O) groups is 1. The van der Waals surface area contributed by atoms with E-state index in [1.54, 1.807) is 22.8 Å². The van der Waals surface area contributed by atoms with Crippen molar-refractivity contribution in [2.75, 3.05) is 12.4 Å². The van der Waals surface area contributed by atoms with Crippen molar-refractivity contribution in [3.05, 3.63) is 72.6 Å². The SMILES string of the molecule is CN(Cc1cnn(C)c1)C(=O)Nc1ccc(-c2ccccc2)cc1. The molecule has 0 aliphatic rings. The van der Waals surface area contributed by atoms with E-state index in [4.69, 9.17) is 0 Å². The van der Waals surface area contributed by atoms with Crippen molar-refractivity contribution in [3.8, 4) is 11.1 Å². The summed E-state index contributed by atoms with van der Waals surface area (Å²) in [5, 5.41) is 7.02. The van der Waals surface area contributed by atoms with E-state index in [0.29, 0.717) is 6.54 Å². The zero-order valence-corrected chi connectivity index (χ0v) is 13.8. The van der Waals surface area contributed by atoms with E-state index in [-0.39, 0.29) is 6.03 Å². The highest BCUT2D eigenvalue weighted by Crippen LogP contribution is 2.21. The molecule has 1 N–H and O–H groups in total. The minimum atomic E-state index is -0.147. The summed E-state index contributed by atoms with van der Waals surface area (Å²) in [4.78, 5) is 13.9. The summed E-state index contributed by atoms with van der Waals surface area (Å²) >= 11 is 0. The summed E-state index contributed by atoms with van der Waals surface area (Å²) < 4.78 is 1.73. The van der Waals surface area contributed by atoms with E-state index in [0.717, 1.165) is 22.4 Å². The van der Waals surface area contributed by atoms with Crippen LogP contribution in [0.4, 0.5) is 10.5 Å². The highest BCUT2D eigenvalue weighted by Gasteiger charge is 2.10. The molecule has 0 atom stereocenters. The fraction of sp³-hybridized carbons (Fsp3) is 0.158. The Morgan fingerprint density at radius 1 is 1.08 bits per heavy atom. The van der Waals surface area contributed by atoms with Gasteiger partial charge in [-0.3, -0.25) is 4.68 Å². The molecule has 24 heavy (non-hydrogen) atoms. The normalized spacial score (nSPS) is 10.4. The number of hydrogen-bond donors (Lipinski definition) is 1. The molecule has 0 fully saturated rings. The van der Waals surface area contributed by atoms with Crippen LogP contribution in [0.5, 0.6) is 0 Å². The fourth-order valence-electron chi connectivity index (χ4n) is 2.49. The van der Waals surface area contributed by atoms with Gasteiger partial charge in [-0.05, 0) is 23.3 Å². The van der Waals surface area contributed by atoms with Gasteiger partial charge < -0.3 is 10.2 Å². The van der Waals surface area contributed by atoms with Crippen molar-refractivity contribution >= 4 is 11.7 Å². The maximum absolute atomic E-state index is 12.3. The topological polar surface area (TPSA) is 50.2 Å². The average molecular weight is 320 g/mol. The fourth-order valence-corrected chi connectivity index (χ4v) is 2.49. The molecular formula is C19H20N4O. The van der Waals surface area contributed by atoms with Crippen molar-refractivity contribution < 1.29 is 4.79 Å². The Hall–Kier alpha value is -3.08. The van der Waals surface area contributed by atoms with Gasteiger partial charge in [0.25, 0.3) is 0 Å². The highest BCUT2D eigenvalue weighted by atomic mass is 16.2. The lowest BCUT2D eigenvalue weighted by Crippen LogP contribution is -2.30. The van der Waals surface area contributed by atoms with Crippen LogP contribution in [0.25, 0.3) is 11.1 Å². The maximum atomic E-state index is 12.3. The van der Waals surface area contributed by atoms with Gasteiger partial charge >= 0.3 is 6.03 Å². The van der Waals surface area contributed by atoms with Gasteiger partial charge in [-0.25, -0.2) is 4.79 Å². The first-order chi connectivity index (χ1) is 11.6. The second kappa shape index (κ2) is 7.00. The van der Waals surface area contributed by atoms with E-state index in [1.165, 1.54) is 0 Å². The monoisotopic (exact) mass is 320 g/mol. The van der Waals surface area contributed by atoms with Gasteiger partial charge in [-0.15, -0.1) is 0 Å². The Labute approximate surface area is 141 Å². The van der Waals surface area contributed by atoms with Crippen LogP contribution in [0.2, 0.25) is 0 Å². The largest absolute Gasteiger partial charge is 0.323 e. The number of nitrogens with zero attached hydrogens (tertiary/aromatic N) is 3. The summed E-state index contributed by atoms with van der Waals surface area (Å²) in [6, 6.07) is 17.8. The number of hydrogen-bond acceptors (Lipinski definition) is 2. The average Bonchev–Trinajstić information content (AvgIpc) is 3.01. The number of aromatic nitrogens is 2. The molecule has 0 unspecified atom stereocenters. The maximum Gasteiger partial charge on any atom is 0.321 e. The van der Waals surface area contributed by atoms with Gasteiger partial charge in [0.1, 0.15) is 0 Å². The Morgan fingerprint density at radius 2 is 1.75 bits per heavy atom. The zero-order valence-electron chi connectivity index (χ0n) is 13.8. The minimum absolute atomic E-state index is 0.147. The first-order valence-corrected chi connectivity index (χ1v) is 7.77. The second-order valence-corrected chi connectivity index (χ2v) is 5.75. The Kier molecular flexibility index (Phi) is 4.61. The van der Waals surface area contributed by atoms with Crippen molar-refractivity contribution in [1.82, 2.24) is 14.7 Å².